The molecule has 1 heterocycles. The van der Waals surface area contributed by atoms with Gasteiger partial charge < -0.3 is 0 Å². The normalized spacial score (nSPS) is 11.3. The van der Waals surface area contributed by atoms with Crippen molar-refractivity contribution in [3.05, 3.63) is 35.7 Å². The summed E-state index contributed by atoms with van der Waals surface area (Å²) in [5, 5.41) is 13.3. The first-order valence-electron chi connectivity index (χ1n) is 5.05. The third kappa shape index (κ3) is 2.88. The van der Waals surface area contributed by atoms with E-state index >= 15 is 0 Å². The van der Waals surface area contributed by atoms with Crippen LogP contribution in [0.25, 0.3) is 0 Å². The van der Waals surface area contributed by atoms with Crippen LogP contribution < -0.4 is 0 Å². The molecule has 1 aromatic heterocycles. The maximum absolute atomic E-state index is 12.5. The predicted molar refractivity (Wildman–Crippen MR) is 61.3 cm³/mol. The van der Waals surface area contributed by atoms with Crippen molar-refractivity contribution >= 4 is 11.8 Å². The minimum absolute atomic E-state index is 0.0391. The standard InChI is InChI=1S/C11H7F3N4S/c1-18-10(16-6-17-18)19-9-3-2-8(11(12,13)14)4-7(9)5-15/h2-4,6H,1H3. The van der Waals surface area contributed by atoms with Gasteiger partial charge in [0.25, 0.3) is 0 Å². The summed E-state index contributed by atoms with van der Waals surface area (Å²) in [4.78, 5) is 4.35. The fraction of sp³-hybridized carbons (Fsp3) is 0.182. The Balaban J connectivity index is 2.38. The molecule has 19 heavy (non-hydrogen) atoms. The molecule has 0 atom stereocenters. The Labute approximate surface area is 110 Å². The lowest BCUT2D eigenvalue weighted by Crippen LogP contribution is -2.05. The van der Waals surface area contributed by atoms with E-state index in [9.17, 15) is 13.2 Å². The zero-order valence-corrected chi connectivity index (χ0v) is 10.5. The molecule has 0 spiro atoms. The summed E-state index contributed by atoms with van der Waals surface area (Å²) < 4.78 is 39.1. The Kier molecular flexibility index (Phi) is 3.48. The van der Waals surface area contributed by atoms with Crippen LogP contribution in [0.4, 0.5) is 13.2 Å². The third-order valence-corrected chi connectivity index (χ3v) is 3.43. The second-order valence-corrected chi connectivity index (χ2v) is 4.60. The minimum atomic E-state index is -4.46. The molecule has 98 valence electrons. The summed E-state index contributed by atoms with van der Waals surface area (Å²) >= 11 is 1.09. The van der Waals surface area contributed by atoms with E-state index in [1.54, 1.807) is 13.1 Å². The molecule has 0 aliphatic rings. The summed E-state index contributed by atoms with van der Waals surface area (Å²) in [5.41, 5.74) is -0.880. The summed E-state index contributed by atoms with van der Waals surface area (Å²) in [6.07, 6.45) is -3.13. The predicted octanol–water partition coefficient (Wildman–Crippen LogP) is 2.86. The van der Waals surface area contributed by atoms with Crippen molar-refractivity contribution in [2.45, 2.75) is 16.2 Å². The average Bonchev–Trinajstić information content (AvgIpc) is 2.74. The van der Waals surface area contributed by atoms with Crippen LogP contribution in [0, 0.1) is 11.3 Å². The minimum Gasteiger partial charge on any atom is -0.244 e. The van der Waals surface area contributed by atoms with E-state index in [1.165, 1.54) is 17.1 Å². The van der Waals surface area contributed by atoms with Crippen molar-refractivity contribution in [1.29, 1.82) is 5.26 Å². The first kappa shape index (κ1) is 13.4. The molecule has 0 saturated carbocycles. The number of aromatic nitrogens is 3. The number of nitriles is 1. The van der Waals surface area contributed by atoms with E-state index in [-0.39, 0.29) is 5.56 Å². The van der Waals surface area contributed by atoms with Crippen molar-refractivity contribution in [3.63, 3.8) is 0 Å². The van der Waals surface area contributed by atoms with Crippen LogP contribution in [0.2, 0.25) is 0 Å². The molecule has 0 N–H and O–H groups in total. The van der Waals surface area contributed by atoms with Crippen LogP contribution in [-0.2, 0) is 13.2 Å². The molecule has 0 saturated heterocycles. The van der Waals surface area contributed by atoms with Crippen molar-refractivity contribution in [2.24, 2.45) is 7.05 Å². The molecule has 0 aliphatic carbocycles. The van der Waals surface area contributed by atoms with Crippen LogP contribution >= 0.6 is 11.8 Å². The number of hydrogen-bond donors (Lipinski definition) is 0. The van der Waals surface area contributed by atoms with Gasteiger partial charge in [-0.15, -0.1) is 0 Å². The summed E-state index contributed by atoms with van der Waals surface area (Å²) in [6, 6.07) is 4.80. The molecule has 0 aliphatic heterocycles. The molecule has 4 nitrogen and oxygen atoms in total. The second-order valence-electron chi connectivity index (χ2n) is 3.59. The SMILES string of the molecule is Cn1ncnc1Sc1ccc(C(F)(F)F)cc1C#N. The van der Waals surface area contributed by atoms with Crippen molar-refractivity contribution in [3.8, 4) is 6.07 Å². The zero-order valence-electron chi connectivity index (χ0n) is 9.64. The molecule has 0 unspecified atom stereocenters. The molecule has 0 fully saturated rings. The van der Waals surface area contributed by atoms with Crippen LogP contribution in [0.5, 0.6) is 0 Å². The van der Waals surface area contributed by atoms with Gasteiger partial charge in [0.05, 0.1) is 11.1 Å². The molecule has 0 bridgehead atoms. The number of benzene rings is 1. The van der Waals surface area contributed by atoms with Gasteiger partial charge >= 0.3 is 6.18 Å². The monoisotopic (exact) mass is 284 g/mol. The molecule has 0 radical (unpaired) electrons. The Hall–Kier alpha value is -2.01. The van der Waals surface area contributed by atoms with E-state index in [1.807, 2.05) is 0 Å². The maximum atomic E-state index is 12.5. The van der Waals surface area contributed by atoms with Crippen LogP contribution in [-0.4, -0.2) is 14.8 Å². The number of nitrogens with zero attached hydrogens (tertiary/aromatic N) is 4. The first-order chi connectivity index (χ1) is 8.91. The number of halogens is 3. The van der Waals surface area contributed by atoms with Crippen molar-refractivity contribution in [1.82, 2.24) is 14.8 Å². The lowest BCUT2D eigenvalue weighted by atomic mass is 10.1. The van der Waals surface area contributed by atoms with Crippen LogP contribution in [0.1, 0.15) is 11.1 Å². The Morgan fingerprint density at radius 3 is 2.63 bits per heavy atom. The van der Waals surface area contributed by atoms with E-state index in [0.29, 0.717) is 10.1 Å². The summed E-state index contributed by atoms with van der Waals surface area (Å²) in [5.74, 6) is 0. The van der Waals surface area contributed by atoms with Gasteiger partial charge in [-0.3, -0.25) is 0 Å². The number of rotatable bonds is 2. The van der Waals surface area contributed by atoms with Gasteiger partial charge in [-0.1, -0.05) is 0 Å². The number of alkyl halides is 3. The smallest absolute Gasteiger partial charge is 0.244 e. The Morgan fingerprint density at radius 1 is 1.37 bits per heavy atom. The zero-order chi connectivity index (χ0) is 14.0. The Morgan fingerprint density at radius 2 is 2.11 bits per heavy atom. The highest BCUT2D eigenvalue weighted by Crippen LogP contribution is 2.34. The van der Waals surface area contributed by atoms with Gasteiger partial charge in [-0.2, -0.15) is 23.5 Å². The third-order valence-electron chi connectivity index (χ3n) is 2.30. The molecule has 2 aromatic rings. The molecular formula is C11H7F3N4S. The second kappa shape index (κ2) is 4.93. The lowest BCUT2D eigenvalue weighted by Gasteiger charge is -2.09. The van der Waals surface area contributed by atoms with Gasteiger partial charge in [0.1, 0.15) is 12.4 Å². The highest BCUT2D eigenvalue weighted by atomic mass is 32.2. The van der Waals surface area contributed by atoms with E-state index in [2.05, 4.69) is 10.1 Å². The highest BCUT2D eigenvalue weighted by Gasteiger charge is 2.31. The first-order valence-corrected chi connectivity index (χ1v) is 5.86. The van der Waals surface area contributed by atoms with Crippen molar-refractivity contribution < 1.29 is 13.2 Å². The molecule has 0 amide bonds. The van der Waals surface area contributed by atoms with Gasteiger partial charge in [-0.25, -0.2) is 9.67 Å². The molecule has 1 aromatic carbocycles. The largest absolute Gasteiger partial charge is 0.416 e. The molecule has 8 heteroatoms. The van der Waals surface area contributed by atoms with E-state index in [4.69, 9.17) is 5.26 Å². The van der Waals surface area contributed by atoms with Gasteiger partial charge in [0, 0.05) is 11.9 Å². The number of hydrogen-bond acceptors (Lipinski definition) is 4. The van der Waals surface area contributed by atoms with Crippen molar-refractivity contribution in [2.75, 3.05) is 0 Å². The Bertz CT molecular complexity index is 642. The topological polar surface area (TPSA) is 54.5 Å². The fourth-order valence-corrected chi connectivity index (χ4v) is 2.19. The van der Waals surface area contributed by atoms with Gasteiger partial charge in [0.2, 0.25) is 0 Å². The number of aryl methyl sites for hydroxylation is 1. The lowest BCUT2D eigenvalue weighted by molar-refractivity contribution is -0.137. The average molecular weight is 284 g/mol. The summed E-state index contributed by atoms with van der Waals surface area (Å²) in [6.45, 7) is 0. The van der Waals surface area contributed by atoms with Gasteiger partial charge in [0.15, 0.2) is 5.16 Å². The molecule has 2 rings (SSSR count). The highest BCUT2D eigenvalue weighted by molar-refractivity contribution is 7.99. The van der Waals surface area contributed by atoms with Crippen LogP contribution in [0.3, 0.4) is 0 Å². The fourth-order valence-electron chi connectivity index (χ4n) is 1.36. The molecular weight excluding hydrogens is 277 g/mol. The van der Waals surface area contributed by atoms with Crippen LogP contribution in [0.15, 0.2) is 34.6 Å². The van der Waals surface area contributed by atoms with E-state index < -0.39 is 11.7 Å². The van der Waals surface area contributed by atoms with E-state index in [0.717, 1.165) is 23.9 Å². The summed E-state index contributed by atoms with van der Waals surface area (Å²) in [7, 11) is 1.66. The van der Waals surface area contributed by atoms with Gasteiger partial charge in [-0.05, 0) is 30.0 Å². The maximum Gasteiger partial charge on any atom is 0.416 e. The quantitative estimate of drug-likeness (QED) is 0.851.